The standard InChI is InChI=1S/C15H22N2O2S/c1-19-14(18)7-6-13-10-20-15(16-13)17(8-11-2-3-11)9-12-4-5-12/h10-12H,2-9H2,1H3. The minimum Gasteiger partial charge on any atom is -0.469 e. The molecule has 1 aromatic rings. The van der Waals surface area contributed by atoms with Crippen molar-refractivity contribution in [3.63, 3.8) is 0 Å². The van der Waals surface area contributed by atoms with Crippen LogP contribution in [0.25, 0.3) is 0 Å². The van der Waals surface area contributed by atoms with Gasteiger partial charge in [-0.3, -0.25) is 4.79 Å². The molecule has 0 amide bonds. The third-order valence-electron chi connectivity index (χ3n) is 3.97. The Hall–Kier alpha value is -1.10. The molecule has 2 saturated carbocycles. The van der Waals surface area contributed by atoms with Gasteiger partial charge in [0.2, 0.25) is 0 Å². The zero-order valence-electron chi connectivity index (χ0n) is 12.0. The smallest absolute Gasteiger partial charge is 0.305 e. The maximum absolute atomic E-state index is 11.2. The van der Waals surface area contributed by atoms with Gasteiger partial charge in [0.15, 0.2) is 5.13 Å². The van der Waals surface area contributed by atoms with Gasteiger partial charge in [-0.25, -0.2) is 4.98 Å². The summed E-state index contributed by atoms with van der Waals surface area (Å²) in [5.74, 6) is 1.61. The molecule has 2 fully saturated rings. The molecule has 0 spiro atoms. The summed E-state index contributed by atoms with van der Waals surface area (Å²) in [5.41, 5.74) is 1.02. The second-order valence-electron chi connectivity index (χ2n) is 5.99. The Kier molecular flexibility index (Phi) is 4.24. The van der Waals surface area contributed by atoms with E-state index in [0.29, 0.717) is 12.8 Å². The SMILES string of the molecule is COC(=O)CCc1csc(N(CC2CC2)CC2CC2)n1. The van der Waals surface area contributed by atoms with E-state index in [9.17, 15) is 4.79 Å². The molecule has 0 N–H and O–H groups in total. The minimum absolute atomic E-state index is 0.160. The lowest BCUT2D eigenvalue weighted by Gasteiger charge is -2.21. The van der Waals surface area contributed by atoms with Gasteiger partial charge >= 0.3 is 5.97 Å². The Morgan fingerprint density at radius 2 is 2.00 bits per heavy atom. The van der Waals surface area contributed by atoms with E-state index in [4.69, 9.17) is 4.98 Å². The molecule has 1 aromatic heterocycles. The van der Waals surface area contributed by atoms with Crippen molar-refractivity contribution in [1.29, 1.82) is 0 Å². The Labute approximate surface area is 124 Å². The number of carbonyl (C=O) groups excluding carboxylic acids is 1. The Bertz CT molecular complexity index is 452. The summed E-state index contributed by atoms with van der Waals surface area (Å²) in [6.07, 6.45) is 6.61. The maximum atomic E-state index is 11.2. The number of hydrogen-bond donors (Lipinski definition) is 0. The summed E-state index contributed by atoms with van der Waals surface area (Å²) in [6.45, 7) is 2.33. The number of methoxy groups -OCH3 is 1. The molecule has 0 bridgehead atoms. The van der Waals surface area contributed by atoms with Gasteiger partial charge < -0.3 is 9.64 Å². The first kappa shape index (κ1) is 13.9. The molecule has 0 radical (unpaired) electrons. The van der Waals surface area contributed by atoms with E-state index in [-0.39, 0.29) is 5.97 Å². The molecule has 4 nitrogen and oxygen atoms in total. The highest BCUT2D eigenvalue weighted by molar-refractivity contribution is 7.13. The fourth-order valence-electron chi connectivity index (χ4n) is 2.34. The van der Waals surface area contributed by atoms with Crippen molar-refractivity contribution in [3.05, 3.63) is 11.1 Å². The van der Waals surface area contributed by atoms with Crippen molar-refractivity contribution < 1.29 is 9.53 Å². The number of ether oxygens (including phenoxy) is 1. The summed E-state index contributed by atoms with van der Waals surface area (Å²) in [5, 5.41) is 3.23. The van der Waals surface area contributed by atoms with Gasteiger partial charge in [0.25, 0.3) is 0 Å². The van der Waals surface area contributed by atoms with Crippen LogP contribution in [-0.4, -0.2) is 31.2 Å². The number of anilines is 1. The molecule has 0 unspecified atom stereocenters. The van der Waals surface area contributed by atoms with Crippen LogP contribution in [0.2, 0.25) is 0 Å². The maximum Gasteiger partial charge on any atom is 0.305 e. The van der Waals surface area contributed by atoms with Crippen LogP contribution in [-0.2, 0) is 16.0 Å². The first-order valence-electron chi connectivity index (χ1n) is 7.50. The van der Waals surface area contributed by atoms with Crippen molar-refractivity contribution in [3.8, 4) is 0 Å². The van der Waals surface area contributed by atoms with E-state index < -0.39 is 0 Å². The summed E-state index contributed by atoms with van der Waals surface area (Å²) in [6, 6.07) is 0. The number of nitrogens with zero attached hydrogens (tertiary/aromatic N) is 2. The van der Waals surface area contributed by atoms with Crippen LogP contribution in [0.15, 0.2) is 5.38 Å². The highest BCUT2D eigenvalue weighted by Gasteiger charge is 2.30. The monoisotopic (exact) mass is 294 g/mol. The third-order valence-corrected chi connectivity index (χ3v) is 4.92. The topological polar surface area (TPSA) is 42.4 Å². The third kappa shape index (κ3) is 3.95. The number of esters is 1. The Morgan fingerprint density at radius 3 is 2.55 bits per heavy atom. The second kappa shape index (κ2) is 6.12. The highest BCUT2D eigenvalue weighted by atomic mass is 32.1. The van der Waals surface area contributed by atoms with Gasteiger partial charge in [-0.15, -0.1) is 11.3 Å². The first-order chi connectivity index (χ1) is 9.74. The van der Waals surface area contributed by atoms with Crippen LogP contribution in [0.5, 0.6) is 0 Å². The van der Waals surface area contributed by atoms with Crippen molar-refractivity contribution in [1.82, 2.24) is 4.98 Å². The van der Waals surface area contributed by atoms with Gasteiger partial charge in [-0.05, 0) is 37.5 Å². The molecule has 20 heavy (non-hydrogen) atoms. The van der Waals surface area contributed by atoms with Gasteiger partial charge in [0.1, 0.15) is 0 Å². The van der Waals surface area contributed by atoms with E-state index in [1.54, 1.807) is 11.3 Å². The van der Waals surface area contributed by atoms with Crippen molar-refractivity contribution >= 4 is 22.4 Å². The lowest BCUT2D eigenvalue weighted by molar-refractivity contribution is -0.140. The predicted molar refractivity (Wildman–Crippen MR) is 80.1 cm³/mol. The molecule has 2 aliphatic carbocycles. The first-order valence-corrected chi connectivity index (χ1v) is 8.38. The van der Waals surface area contributed by atoms with Gasteiger partial charge in [-0.2, -0.15) is 0 Å². The number of aromatic nitrogens is 1. The van der Waals surface area contributed by atoms with E-state index in [1.807, 2.05) is 0 Å². The molecular weight excluding hydrogens is 272 g/mol. The van der Waals surface area contributed by atoms with Crippen LogP contribution >= 0.6 is 11.3 Å². The van der Waals surface area contributed by atoms with Crippen LogP contribution < -0.4 is 4.90 Å². The summed E-state index contributed by atoms with van der Waals surface area (Å²) >= 11 is 1.72. The van der Waals surface area contributed by atoms with Crippen LogP contribution in [0.3, 0.4) is 0 Å². The van der Waals surface area contributed by atoms with Crippen molar-refractivity contribution in [2.45, 2.75) is 38.5 Å². The molecule has 110 valence electrons. The summed E-state index contributed by atoms with van der Waals surface area (Å²) < 4.78 is 4.67. The number of carbonyl (C=O) groups is 1. The van der Waals surface area contributed by atoms with Crippen LogP contribution in [0, 0.1) is 11.8 Å². The van der Waals surface area contributed by atoms with Crippen LogP contribution in [0.1, 0.15) is 37.8 Å². The van der Waals surface area contributed by atoms with Crippen molar-refractivity contribution in [2.75, 3.05) is 25.1 Å². The number of rotatable bonds is 8. The van der Waals surface area contributed by atoms with Crippen LogP contribution in [0.4, 0.5) is 5.13 Å². The molecule has 2 aliphatic rings. The van der Waals surface area contributed by atoms with Gasteiger partial charge in [-0.1, -0.05) is 0 Å². The van der Waals surface area contributed by atoms with E-state index >= 15 is 0 Å². The van der Waals surface area contributed by atoms with Gasteiger partial charge in [0, 0.05) is 24.9 Å². The second-order valence-corrected chi connectivity index (χ2v) is 6.83. The Morgan fingerprint density at radius 1 is 1.35 bits per heavy atom. The average Bonchev–Trinajstić information content (AvgIpc) is 3.38. The number of aryl methyl sites for hydroxylation is 1. The number of thiazole rings is 1. The number of hydrogen-bond acceptors (Lipinski definition) is 5. The molecule has 5 heteroatoms. The zero-order chi connectivity index (χ0) is 13.9. The molecule has 0 aliphatic heterocycles. The van der Waals surface area contributed by atoms with E-state index in [0.717, 1.165) is 22.7 Å². The lowest BCUT2D eigenvalue weighted by atomic mass is 10.2. The largest absolute Gasteiger partial charge is 0.469 e. The fraction of sp³-hybridized carbons (Fsp3) is 0.733. The average molecular weight is 294 g/mol. The summed E-state index contributed by atoms with van der Waals surface area (Å²) in [7, 11) is 1.43. The molecule has 3 rings (SSSR count). The molecule has 1 heterocycles. The molecule has 0 aromatic carbocycles. The Balaban J connectivity index is 1.58. The van der Waals surface area contributed by atoms with E-state index in [1.165, 1.54) is 45.9 Å². The predicted octanol–water partition coefficient (Wildman–Crippen LogP) is 2.88. The lowest BCUT2D eigenvalue weighted by Crippen LogP contribution is -2.27. The molecule has 0 atom stereocenters. The van der Waals surface area contributed by atoms with Crippen molar-refractivity contribution in [2.24, 2.45) is 11.8 Å². The quantitative estimate of drug-likeness (QED) is 0.691. The molecule has 0 saturated heterocycles. The fourth-order valence-corrected chi connectivity index (χ4v) is 3.22. The summed E-state index contributed by atoms with van der Waals surface area (Å²) in [4.78, 5) is 18.4. The van der Waals surface area contributed by atoms with E-state index in [2.05, 4.69) is 15.0 Å². The van der Waals surface area contributed by atoms with Gasteiger partial charge in [0.05, 0.1) is 19.2 Å². The molecular formula is C15H22N2O2S. The highest BCUT2D eigenvalue weighted by Crippen LogP contribution is 2.36. The minimum atomic E-state index is -0.160. The normalized spacial score (nSPS) is 18.1. The zero-order valence-corrected chi connectivity index (χ0v) is 12.8.